The van der Waals surface area contributed by atoms with Crippen LogP contribution < -0.4 is 9.47 Å². The van der Waals surface area contributed by atoms with Crippen molar-refractivity contribution in [2.24, 2.45) is 0 Å². The van der Waals surface area contributed by atoms with Crippen LogP contribution in [0.5, 0.6) is 17.2 Å². The monoisotopic (exact) mass is 467 g/mol. The lowest BCUT2D eigenvalue weighted by atomic mass is 9.77. The van der Waals surface area contributed by atoms with E-state index in [0.717, 1.165) is 45.0 Å². The number of aryl methyl sites for hydroxylation is 2. The molecule has 176 valence electrons. The highest BCUT2D eigenvalue weighted by atomic mass is 16.6. The average molecular weight is 468 g/mol. The summed E-state index contributed by atoms with van der Waals surface area (Å²) in [5.74, 6) is 1.44. The SMILES string of the molecule is CCOc1ccc2c(c1)Oc1cc(CC=O)ccc1C21OC(=O)c2c1c1cc(C)ccc1n2CC. The van der Waals surface area contributed by atoms with Crippen molar-refractivity contribution >= 4 is 23.2 Å². The summed E-state index contributed by atoms with van der Waals surface area (Å²) in [5, 5.41) is 0.984. The zero-order chi connectivity index (χ0) is 24.3. The lowest BCUT2D eigenvalue weighted by molar-refractivity contribution is -0.107. The minimum absolute atomic E-state index is 0.273. The van der Waals surface area contributed by atoms with Crippen molar-refractivity contribution in [2.75, 3.05) is 6.61 Å². The van der Waals surface area contributed by atoms with Crippen LogP contribution in [0, 0.1) is 6.92 Å². The van der Waals surface area contributed by atoms with Gasteiger partial charge in [-0.05, 0) is 56.7 Å². The van der Waals surface area contributed by atoms with Gasteiger partial charge in [0.15, 0.2) is 5.60 Å². The van der Waals surface area contributed by atoms with Gasteiger partial charge in [0.05, 0.1) is 6.61 Å². The van der Waals surface area contributed by atoms with Crippen molar-refractivity contribution < 1.29 is 23.8 Å². The molecule has 6 nitrogen and oxygen atoms in total. The fourth-order valence-electron chi connectivity index (χ4n) is 5.55. The number of carbonyl (C=O) groups excluding carboxylic acids is 2. The number of hydrogen-bond donors (Lipinski definition) is 0. The van der Waals surface area contributed by atoms with E-state index < -0.39 is 5.60 Å². The molecule has 6 rings (SSSR count). The Morgan fingerprint density at radius 3 is 2.51 bits per heavy atom. The molecule has 1 aromatic heterocycles. The summed E-state index contributed by atoms with van der Waals surface area (Å²) in [5.41, 5.74) is 4.65. The first-order valence-corrected chi connectivity index (χ1v) is 11.9. The van der Waals surface area contributed by atoms with Gasteiger partial charge in [-0.3, -0.25) is 0 Å². The first kappa shape index (κ1) is 21.5. The first-order valence-electron chi connectivity index (χ1n) is 11.9. The quantitative estimate of drug-likeness (QED) is 0.279. The van der Waals surface area contributed by atoms with E-state index in [2.05, 4.69) is 18.2 Å². The van der Waals surface area contributed by atoms with Crippen LogP contribution in [-0.2, 0) is 28.1 Å². The fourth-order valence-corrected chi connectivity index (χ4v) is 5.55. The van der Waals surface area contributed by atoms with Crippen molar-refractivity contribution in [3.05, 3.63) is 88.1 Å². The molecule has 0 N–H and O–H groups in total. The third-order valence-electron chi connectivity index (χ3n) is 6.93. The van der Waals surface area contributed by atoms with E-state index in [1.807, 2.05) is 61.7 Å². The van der Waals surface area contributed by atoms with Crippen LogP contribution in [0.15, 0.2) is 54.6 Å². The van der Waals surface area contributed by atoms with Crippen LogP contribution in [0.3, 0.4) is 0 Å². The molecule has 0 radical (unpaired) electrons. The number of fused-ring (bicyclic) bond motifs is 8. The Hall–Kier alpha value is -4.06. The molecule has 4 aromatic rings. The van der Waals surface area contributed by atoms with E-state index in [9.17, 15) is 9.59 Å². The third-order valence-corrected chi connectivity index (χ3v) is 6.93. The molecule has 3 heterocycles. The summed E-state index contributed by atoms with van der Waals surface area (Å²) in [6.07, 6.45) is 1.14. The highest BCUT2D eigenvalue weighted by molar-refractivity contribution is 6.05. The van der Waals surface area contributed by atoms with Crippen LogP contribution in [0.25, 0.3) is 10.9 Å². The number of esters is 1. The number of benzene rings is 3. The van der Waals surface area contributed by atoms with Crippen molar-refractivity contribution in [3.8, 4) is 17.2 Å². The lowest BCUT2D eigenvalue weighted by Gasteiger charge is -2.36. The molecule has 35 heavy (non-hydrogen) atoms. The van der Waals surface area contributed by atoms with E-state index in [0.29, 0.717) is 36.1 Å². The van der Waals surface area contributed by atoms with Crippen molar-refractivity contribution in [1.82, 2.24) is 4.57 Å². The predicted molar refractivity (Wildman–Crippen MR) is 132 cm³/mol. The summed E-state index contributed by atoms with van der Waals surface area (Å²) in [7, 11) is 0. The number of carbonyl (C=O) groups is 2. The van der Waals surface area contributed by atoms with Gasteiger partial charge < -0.3 is 23.6 Å². The highest BCUT2D eigenvalue weighted by Crippen LogP contribution is 2.58. The van der Waals surface area contributed by atoms with Crippen LogP contribution in [-0.4, -0.2) is 23.4 Å². The van der Waals surface area contributed by atoms with E-state index in [4.69, 9.17) is 14.2 Å². The second kappa shape index (κ2) is 7.73. The van der Waals surface area contributed by atoms with E-state index in [1.165, 1.54) is 0 Å². The van der Waals surface area contributed by atoms with Crippen LogP contribution >= 0.6 is 0 Å². The molecule has 1 atom stereocenters. The van der Waals surface area contributed by atoms with Crippen LogP contribution in [0.4, 0.5) is 0 Å². The third kappa shape index (κ3) is 2.89. The molecule has 0 saturated heterocycles. The zero-order valence-electron chi connectivity index (χ0n) is 19.9. The first-order chi connectivity index (χ1) is 17.0. The van der Waals surface area contributed by atoms with Gasteiger partial charge in [-0.15, -0.1) is 0 Å². The maximum atomic E-state index is 13.6. The van der Waals surface area contributed by atoms with Gasteiger partial charge in [-0.1, -0.05) is 23.8 Å². The Morgan fingerprint density at radius 2 is 1.77 bits per heavy atom. The molecular formula is C29H25NO5. The van der Waals surface area contributed by atoms with Crippen LogP contribution in [0.1, 0.15) is 52.2 Å². The number of aromatic nitrogens is 1. The minimum atomic E-state index is -1.17. The number of nitrogens with zero attached hydrogens (tertiary/aromatic N) is 1. The predicted octanol–water partition coefficient (Wildman–Crippen LogP) is 5.68. The summed E-state index contributed by atoms with van der Waals surface area (Å²) < 4.78 is 20.5. The number of hydrogen-bond acceptors (Lipinski definition) is 5. The molecule has 0 aliphatic carbocycles. The van der Waals surface area contributed by atoms with Gasteiger partial charge in [-0.25, -0.2) is 4.79 Å². The minimum Gasteiger partial charge on any atom is -0.494 e. The largest absolute Gasteiger partial charge is 0.494 e. The molecule has 0 saturated carbocycles. The van der Waals surface area contributed by atoms with E-state index in [-0.39, 0.29) is 12.4 Å². The second-order valence-corrected chi connectivity index (χ2v) is 8.95. The second-order valence-electron chi connectivity index (χ2n) is 8.95. The van der Waals surface area contributed by atoms with Gasteiger partial charge in [0.1, 0.15) is 29.2 Å². The normalized spacial score (nSPS) is 17.5. The van der Waals surface area contributed by atoms with Gasteiger partial charge in [0, 0.05) is 46.6 Å². The maximum absolute atomic E-state index is 13.6. The summed E-state index contributed by atoms with van der Waals surface area (Å²) in [6.45, 7) is 7.16. The fraction of sp³-hybridized carbons (Fsp3) is 0.241. The molecule has 6 heteroatoms. The summed E-state index contributed by atoms with van der Waals surface area (Å²) >= 11 is 0. The lowest BCUT2D eigenvalue weighted by Crippen LogP contribution is -2.33. The van der Waals surface area contributed by atoms with E-state index >= 15 is 0 Å². The Labute approximate surface area is 203 Å². The van der Waals surface area contributed by atoms with Gasteiger partial charge in [0.25, 0.3) is 0 Å². The van der Waals surface area contributed by atoms with Crippen molar-refractivity contribution in [2.45, 2.75) is 39.3 Å². The number of rotatable bonds is 5. The molecule has 0 amide bonds. The van der Waals surface area contributed by atoms with Crippen molar-refractivity contribution in [1.29, 1.82) is 0 Å². The smallest absolute Gasteiger partial charge is 0.357 e. The van der Waals surface area contributed by atoms with E-state index in [1.54, 1.807) is 0 Å². The molecule has 1 unspecified atom stereocenters. The number of aldehydes is 1. The molecule has 0 fully saturated rings. The average Bonchev–Trinajstić information content (AvgIpc) is 3.32. The van der Waals surface area contributed by atoms with Crippen LogP contribution in [0.2, 0.25) is 0 Å². The van der Waals surface area contributed by atoms with Gasteiger partial charge in [-0.2, -0.15) is 0 Å². The molecule has 1 spiro atoms. The molecule has 0 bridgehead atoms. The molecule has 3 aromatic carbocycles. The Balaban J connectivity index is 1.73. The maximum Gasteiger partial charge on any atom is 0.357 e. The van der Waals surface area contributed by atoms with Crippen molar-refractivity contribution in [3.63, 3.8) is 0 Å². The number of ether oxygens (including phenoxy) is 3. The Morgan fingerprint density at radius 1 is 1.00 bits per heavy atom. The standard InChI is InChI=1S/C29H25NO5/c1-4-30-23-11-6-17(3)14-20(23)26-27(30)28(32)35-29(26)21-9-7-18(12-13-31)15-24(21)34-25-16-19(33-5-2)8-10-22(25)29/h6-11,13-16H,4-5,12H2,1-3H3. The Bertz CT molecular complexity index is 1530. The van der Waals surface area contributed by atoms with Gasteiger partial charge >= 0.3 is 5.97 Å². The molecule has 2 aliphatic heterocycles. The van der Waals surface area contributed by atoms with Gasteiger partial charge in [0.2, 0.25) is 0 Å². The molecular weight excluding hydrogens is 442 g/mol. The Kier molecular flexibility index (Phi) is 4.74. The summed E-state index contributed by atoms with van der Waals surface area (Å²) in [6, 6.07) is 17.6. The summed E-state index contributed by atoms with van der Waals surface area (Å²) in [4.78, 5) is 24.8. The highest BCUT2D eigenvalue weighted by Gasteiger charge is 2.56. The topological polar surface area (TPSA) is 66.8 Å². The molecule has 2 aliphatic rings. The zero-order valence-corrected chi connectivity index (χ0v) is 19.9.